The van der Waals surface area contributed by atoms with Crippen LogP contribution in [0.25, 0.3) is 10.9 Å². The lowest BCUT2D eigenvalue weighted by molar-refractivity contribution is 0.185. The van der Waals surface area contributed by atoms with E-state index in [2.05, 4.69) is 34.9 Å². The van der Waals surface area contributed by atoms with Crippen LogP contribution in [0.15, 0.2) is 24.4 Å². The molecule has 0 N–H and O–H groups in total. The predicted molar refractivity (Wildman–Crippen MR) is 63.6 cm³/mol. The number of hydrogen-bond acceptors (Lipinski definition) is 2. The Labute approximate surface area is 95.0 Å². The molecule has 3 nitrogen and oxygen atoms in total. The molecule has 0 saturated carbocycles. The summed E-state index contributed by atoms with van der Waals surface area (Å²) in [5.74, 6) is 0. The molecule has 0 radical (unpaired) electrons. The van der Waals surface area contributed by atoms with Gasteiger partial charge in [-0.3, -0.25) is 4.68 Å². The molecule has 84 valence electrons. The molecule has 0 bridgehead atoms. The highest BCUT2D eigenvalue weighted by Crippen LogP contribution is 2.24. The standard InChI is InChI=1S/C13H16N2O/c1-2-10-3-4-11-8-14-15(13(11)7-10)12-5-6-16-9-12/h3-4,7-8,12H,2,5-6,9H2,1H3/t12-/m1/s1. The van der Waals surface area contributed by atoms with E-state index < -0.39 is 0 Å². The van der Waals surface area contributed by atoms with Gasteiger partial charge in [-0.2, -0.15) is 5.10 Å². The minimum atomic E-state index is 0.421. The fraction of sp³-hybridized carbons (Fsp3) is 0.462. The molecule has 1 fully saturated rings. The van der Waals surface area contributed by atoms with Gasteiger partial charge in [0.25, 0.3) is 0 Å². The smallest absolute Gasteiger partial charge is 0.0781 e. The number of ether oxygens (including phenoxy) is 1. The number of fused-ring (bicyclic) bond motifs is 1. The summed E-state index contributed by atoms with van der Waals surface area (Å²) < 4.78 is 7.55. The molecule has 2 heterocycles. The van der Waals surface area contributed by atoms with Crippen LogP contribution in [0.4, 0.5) is 0 Å². The van der Waals surface area contributed by atoms with E-state index in [0.29, 0.717) is 6.04 Å². The van der Waals surface area contributed by atoms with E-state index >= 15 is 0 Å². The summed E-state index contributed by atoms with van der Waals surface area (Å²) >= 11 is 0. The van der Waals surface area contributed by atoms with Crippen molar-refractivity contribution in [3.8, 4) is 0 Å². The second-order valence-corrected chi connectivity index (χ2v) is 4.35. The van der Waals surface area contributed by atoms with E-state index in [0.717, 1.165) is 26.1 Å². The third-order valence-electron chi connectivity index (χ3n) is 3.32. The van der Waals surface area contributed by atoms with Gasteiger partial charge in [0.2, 0.25) is 0 Å². The van der Waals surface area contributed by atoms with Crippen LogP contribution in [-0.4, -0.2) is 23.0 Å². The number of rotatable bonds is 2. The Balaban J connectivity index is 2.09. The summed E-state index contributed by atoms with van der Waals surface area (Å²) in [5.41, 5.74) is 2.61. The van der Waals surface area contributed by atoms with Crippen LogP contribution < -0.4 is 0 Å². The Hall–Kier alpha value is -1.35. The second-order valence-electron chi connectivity index (χ2n) is 4.35. The van der Waals surface area contributed by atoms with Crippen LogP contribution in [-0.2, 0) is 11.2 Å². The van der Waals surface area contributed by atoms with Crippen molar-refractivity contribution in [1.82, 2.24) is 9.78 Å². The number of benzene rings is 1. The molecule has 1 aromatic carbocycles. The van der Waals surface area contributed by atoms with Gasteiger partial charge in [-0.15, -0.1) is 0 Å². The molecule has 1 aromatic heterocycles. The molecule has 2 aromatic rings. The summed E-state index contributed by atoms with van der Waals surface area (Å²) in [6.07, 6.45) is 4.10. The van der Waals surface area contributed by atoms with Crippen LogP contribution in [0, 0.1) is 0 Å². The fourth-order valence-corrected chi connectivity index (χ4v) is 2.31. The van der Waals surface area contributed by atoms with Crippen molar-refractivity contribution in [3.63, 3.8) is 0 Å². The van der Waals surface area contributed by atoms with Crippen LogP contribution >= 0.6 is 0 Å². The van der Waals surface area contributed by atoms with Crippen molar-refractivity contribution in [3.05, 3.63) is 30.0 Å². The largest absolute Gasteiger partial charge is 0.379 e. The van der Waals surface area contributed by atoms with Gasteiger partial charge in [-0.05, 0) is 24.5 Å². The summed E-state index contributed by atoms with van der Waals surface area (Å²) in [7, 11) is 0. The number of hydrogen-bond donors (Lipinski definition) is 0. The average molecular weight is 216 g/mol. The molecule has 1 atom stereocenters. The maximum absolute atomic E-state index is 5.43. The van der Waals surface area contributed by atoms with Crippen LogP contribution in [0.2, 0.25) is 0 Å². The zero-order valence-corrected chi connectivity index (χ0v) is 9.52. The summed E-state index contributed by atoms with van der Waals surface area (Å²) in [6, 6.07) is 7.01. The molecule has 1 aliphatic rings. The lowest BCUT2D eigenvalue weighted by atomic mass is 10.1. The van der Waals surface area contributed by atoms with Gasteiger partial charge in [0.1, 0.15) is 0 Å². The van der Waals surface area contributed by atoms with Crippen molar-refractivity contribution >= 4 is 10.9 Å². The monoisotopic (exact) mass is 216 g/mol. The lowest BCUT2D eigenvalue weighted by Crippen LogP contribution is -2.09. The maximum Gasteiger partial charge on any atom is 0.0781 e. The maximum atomic E-state index is 5.43. The van der Waals surface area contributed by atoms with E-state index in [1.165, 1.54) is 16.5 Å². The van der Waals surface area contributed by atoms with E-state index in [1.54, 1.807) is 0 Å². The van der Waals surface area contributed by atoms with E-state index in [9.17, 15) is 0 Å². The number of aryl methyl sites for hydroxylation is 1. The first-order chi connectivity index (χ1) is 7.88. The van der Waals surface area contributed by atoms with Crippen molar-refractivity contribution in [2.24, 2.45) is 0 Å². The van der Waals surface area contributed by atoms with Gasteiger partial charge in [0.05, 0.1) is 24.4 Å². The van der Waals surface area contributed by atoms with Crippen molar-refractivity contribution in [2.75, 3.05) is 13.2 Å². The third-order valence-corrected chi connectivity index (χ3v) is 3.32. The highest BCUT2D eigenvalue weighted by Gasteiger charge is 2.19. The predicted octanol–water partition coefficient (Wildman–Crippen LogP) is 2.56. The van der Waals surface area contributed by atoms with Crippen LogP contribution in [0.3, 0.4) is 0 Å². The highest BCUT2D eigenvalue weighted by molar-refractivity contribution is 5.79. The van der Waals surface area contributed by atoms with Crippen molar-refractivity contribution in [2.45, 2.75) is 25.8 Å². The fourth-order valence-electron chi connectivity index (χ4n) is 2.31. The van der Waals surface area contributed by atoms with Crippen LogP contribution in [0.1, 0.15) is 24.9 Å². The molecule has 0 aliphatic carbocycles. The zero-order chi connectivity index (χ0) is 11.0. The summed E-state index contributed by atoms with van der Waals surface area (Å²) in [6.45, 7) is 3.84. The molecule has 1 saturated heterocycles. The first-order valence-corrected chi connectivity index (χ1v) is 5.92. The topological polar surface area (TPSA) is 27.1 Å². The molecule has 0 amide bonds. The van der Waals surface area contributed by atoms with Gasteiger partial charge >= 0.3 is 0 Å². The van der Waals surface area contributed by atoms with Gasteiger partial charge in [0, 0.05) is 12.0 Å². The average Bonchev–Trinajstić information content (AvgIpc) is 2.96. The molecular weight excluding hydrogens is 200 g/mol. The number of aromatic nitrogens is 2. The quantitative estimate of drug-likeness (QED) is 0.771. The Bertz CT molecular complexity index is 498. The minimum absolute atomic E-state index is 0.421. The summed E-state index contributed by atoms with van der Waals surface area (Å²) in [4.78, 5) is 0. The second kappa shape index (κ2) is 3.91. The highest BCUT2D eigenvalue weighted by atomic mass is 16.5. The molecular formula is C13H16N2O. The molecule has 1 aliphatic heterocycles. The molecule has 3 rings (SSSR count). The van der Waals surface area contributed by atoms with Crippen molar-refractivity contribution < 1.29 is 4.74 Å². The normalized spacial score (nSPS) is 20.7. The van der Waals surface area contributed by atoms with E-state index in [4.69, 9.17) is 4.74 Å². The molecule has 3 heteroatoms. The minimum Gasteiger partial charge on any atom is -0.379 e. The molecule has 16 heavy (non-hydrogen) atoms. The Kier molecular flexibility index (Phi) is 2.40. The Morgan fingerprint density at radius 1 is 1.50 bits per heavy atom. The van der Waals surface area contributed by atoms with Gasteiger partial charge in [-0.25, -0.2) is 0 Å². The SMILES string of the molecule is CCc1ccc2cnn([C@@H]3CCOC3)c2c1. The summed E-state index contributed by atoms with van der Waals surface area (Å²) in [5, 5.41) is 5.72. The van der Waals surface area contributed by atoms with Gasteiger partial charge in [-0.1, -0.05) is 19.1 Å². The van der Waals surface area contributed by atoms with Crippen molar-refractivity contribution in [1.29, 1.82) is 0 Å². The Morgan fingerprint density at radius 3 is 3.19 bits per heavy atom. The first kappa shape index (κ1) is 9.85. The molecule has 0 unspecified atom stereocenters. The molecule has 0 spiro atoms. The number of nitrogens with zero attached hydrogens (tertiary/aromatic N) is 2. The van der Waals surface area contributed by atoms with E-state index in [1.807, 2.05) is 6.20 Å². The van der Waals surface area contributed by atoms with E-state index in [-0.39, 0.29) is 0 Å². The van der Waals surface area contributed by atoms with Crippen LogP contribution in [0.5, 0.6) is 0 Å². The van der Waals surface area contributed by atoms with Gasteiger partial charge in [0.15, 0.2) is 0 Å². The lowest BCUT2D eigenvalue weighted by Gasteiger charge is -2.10. The third kappa shape index (κ3) is 1.52. The van der Waals surface area contributed by atoms with Gasteiger partial charge < -0.3 is 4.74 Å². The zero-order valence-electron chi connectivity index (χ0n) is 9.52. The Morgan fingerprint density at radius 2 is 2.44 bits per heavy atom. The first-order valence-electron chi connectivity index (χ1n) is 5.92.